The minimum Gasteiger partial charge on any atom is -0.492 e. The van der Waals surface area contributed by atoms with E-state index in [-0.39, 0.29) is 10.9 Å². The number of benzene rings is 1. The Morgan fingerprint density at radius 1 is 1.32 bits per heavy atom. The van der Waals surface area contributed by atoms with Crippen molar-refractivity contribution in [1.29, 1.82) is 0 Å². The summed E-state index contributed by atoms with van der Waals surface area (Å²) in [5.41, 5.74) is 0. The molecule has 1 aromatic rings. The predicted octanol–water partition coefficient (Wildman–Crippen LogP) is 3.95. The highest BCUT2D eigenvalue weighted by Gasteiger charge is 2.32. The highest BCUT2D eigenvalue weighted by Crippen LogP contribution is 2.32. The number of halogens is 1. The number of nitrogens with one attached hydrogen (secondary N) is 1. The molecule has 0 unspecified atom stereocenters. The van der Waals surface area contributed by atoms with Crippen LogP contribution in [0.4, 0.5) is 0 Å². The normalized spacial score (nSPS) is 25.9. The SMILES string of the molecule is CCOc1ccc(Br)cc1S(=O)(=O)N[C@@H]1CCC[C@@H](C)[C@@H]1C. The minimum absolute atomic E-state index is 0.0118. The third-order valence-electron chi connectivity index (χ3n) is 4.51. The van der Waals surface area contributed by atoms with Crippen LogP contribution < -0.4 is 9.46 Å². The van der Waals surface area contributed by atoms with Crippen LogP contribution in [0.1, 0.15) is 40.0 Å². The van der Waals surface area contributed by atoms with E-state index in [2.05, 4.69) is 34.5 Å². The standard InChI is InChI=1S/C16H24BrNO3S/c1-4-21-15-9-8-13(17)10-16(15)22(19,20)18-14-7-5-6-11(2)12(14)3/h8-12,14,18H,4-7H2,1-3H3/t11-,12+,14-/m1/s1. The molecule has 22 heavy (non-hydrogen) atoms. The average molecular weight is 390 g/mol. The Morgan fingerprint density at radius 3 is 2.73 bits per heavy atom. The van der Waals surface area contributed by atoms with Crippen LogP contribution in [0, 0.1) is 11.8 Å². The Balaban J connectivity index is 2.28. The lowest BCUT2D eigenvalue weighted by atomic mass is 9.78. The summed E-state index contributed by atoms with van der Waals surface area (Å²) >= 11 is 3.34. The first-order valence-corrected chi connectivity index (χ1v) is 10.1. The highest BCUT2D eigenvalue weighted by atomic mass is 79.9. The molecule has 1 fully saturated rings. The quantitative estimate of drug-likeness (QED) is 0.828. The summed E-state index contributed by atoms with van der Waals surface area (Å²) in [5, 5.41) is 0. The van der Waals surface area contributed by atoms with Crippen molar-refractivity contribution in [2.24, 2.45) is 11.8 Å². The molecular formula is C16H24BrNO3S. The molecule has 0 radical (unpaired) electrons. The lowest BCUT2D eigenvalue weighted by Gasteiger charge is -2.34. The molecule has 1 aliphatic rings. The van der Waals surface area contributed by atoms with Gasteiger partial charge in [-0.05, 0) is 43.4 Å². The van der Waals surface area contributed by atoms with Crippen molar-refractivity contribution < 1.29 is 13.2 Å². The van der Waals surface area contributed by atoms with Gasteiger partial charge in [-0.1, -0.05) is 42.6 Å². The number of hydrogen-bond acceptors (Lipinski definition) is 3. The van der Waals surface area contributed by atoms with E-state index in [9.17, 15) is 8.42 Å². The number of ether oxygens (including phenoxy) is 1. The third-order valence-corrected chi connectivity index (χ3v) is 6.51. The second-order valence-electron chi connectivity index (χ2n) is 6.02. The summed E-state index contributed by atoms with van der Waals surface area (Å²) in [6, 6.07) is 5.07. The number of sulfonamides is 1. The zero-order chi connectivity index (χ0) is 16.3. The van der Waals surface area contributed by atoms with Crippen LogP contribution in [0.3, 0.4) is 0 Å². The van der Waals surface area contributed by atoms with Gasteiger partial charge < -0.3 is 4.74 Å². The molecule has 1 N–H and O–H groups in total. The topological polar surface area (TPSA) is 55.4 Å². The van der Waals surface area contributed by atoms with E-state index in [4.69, 9.17) is 4.74 Å². The molecule has 0 heterocycles. The molecule has 2 rings (SSSR count). The molecular weight excluding hydrogens is 366 g/mol. The van der Waals surface area contributed by atoms with Crippen molar-refractivity contribution >= 4 is 26.0 Å². The van der Waals surface area contributed by atoms with Crippen LogP contribution in [0.5, 0.6) is 5.75 Å². The molecule has 0 saturated heterocycles. The lowest BCUT2D eigenvalue weighted by molar-refractivity contribution is 0.226. The summed E-state index contributed by atoms with van der Waals surface area (Å²) < 4.78 is 34.7. The van der Waals surface area contributed by atoms with E-state index in [1.807, 2.05) is 6.92 Å². The lowest BCUT2D eigenvalue weighted by Crippen LogP contribution is -2.43. The fraction of sp³-hybridized carbons (Fsp3) is 0.625. The van der Waals surface area contributed by atoms with Crippen LogP contribution in [-0.4, -0.2) is 21.1 Å². The number of rotatable bonds is 5. The maximum atomic E-state index is 12.8. The van der Waals surface area contributed by atoms with Gasteiger partial charge in [0, 0.05) is 10.5 Å². The van der Waals surface area contributed by atoms with Crippen molar-refractivity contribution in [3.63, 3.8) is 0 Å². The Bertz CT molecular complexity index is 618. The van der Waals surface area contributed by atoms with Crippen LogP contribution in [-0.2, 0) is 10.0 Å². The second kappa shape index (κ2) is 7.32. The van der Waals surface area contributed by atoms with Gasteiger partial charge in [-0.25, -0.2) is 13.1 Å². The van der Waals surface area contributed by atoms with Crippen LogP contribution in [0.15, 0.2) is 27.6 Å². The zero-order valence-electron chi connectivity index (χ0n) is 13.3. The van der Waals surface area contributed by atoms with Gasteiger partial charge in [0.15, 0.2) is 0 Å². The predicted molar refractivity (Wildman–Crippen MR) is 91.6 cm³/mol. The molecule has 124 valence electrons. The Labute approximate surface area is 141 Å². The molecule has 1 saturated carbocycles. The van der Waals surface area contributed by atoms with Gasteiger partial charge in [-0.2, -0.15) is 0 Å². The van der Waals surface area contributed by atoms with E-state index in [0.29, 0.717) is 24.2 Å². The minimum atomic E-state index is -3.60. The van der Waals surface area contributed by atoms with Gasteiger partial charge in [0.1, 0.15) is 10.6 Å². The van der Waals surface area contributed by atoms with Gasteiger partial charge in [-0.3, -0.25) is 0 Å². The first-order valence-electron chi connectivity index (χ1n) is 7.80. The second-order valence-corrected chi connectivity index (χ2v) is 8.62. The maximum absolute atomic E-state index is 12.8. The Kier molecular flexibility index (Phi) is 5.91. The van der Waals surface area contributed by atoms with Gasteiger partial charge in [-0.15, -0.1) is 0 Å². The molecule has 0 spiro atoms. The van der Waals surface area contributed by atoms with Gasteiger partial charge in [0.25, 0.3) is 0 Å². The summed E-state index contributed by atoms with van der Waals surface area (Å²) in [6.07, 6.45) is 3.12. The van der Waals surface area contributed by atoms with Crippen LogP contribution in [0.2, 0.25) is 0 Å². The summed E-state index contributed by atoms with van der Waals surface area (Å²) in [6.45, 7) is 6.59. The Morgan fingerprint density at radius 2 is 2.05 bits per heavy atom. The highest BCUT2D eigenvalue weighted by molar-refractivity contribution is 9.10. The first-order chi connectivity index (χ1) is 10.3. The van der Waals surface area contributed by atoms with E-state index >= 15 is 0 Å². The van der Waals surface area contributed by atoms with Gasteiger partial charge in [0.05, 0.1) is 6.61 Å². The molecule has 0 amide bonds. The van der Waals surface area contributed by atoms with E-state index < -0.39 is 10.0 Å². The van der Waals surface area contributed by atoms with Crippen LogP contribution in [0.25, 0.3) is 0 Å². The smallest absolute Gasteiger partial charge is 0.244 e. The van der Waals surface area contributed by atoms with E-state index in [1.54, 1.807) is 18.2 Å². The van der Waals surface area contributed by atoms with Crippen LogP contribution >= 0.6 is 15.9 Å². The third kappa shape index (κ3) is 4.03. The fourth-order valence-corrected chi connectivity index (χ4v) is 5.02. The monoisotopic (exact) mass is 389 g/mol. The Hall–Kier alpha value is -0.590. The van der Waals surface area contributed by atoms with E-state index in [1.165, 1.54) is 6.42 Å². The molecule has 3 atom stereocenters. The van der Waals surface area contributed by atoms with Crippen molar-refractivity contribution in [2.75, 3.05) is 6.61 Å². The van der Waals surface area contributed by atoms with Crippen molar-refractivity contribution in [3.8, 4) is 5.75 Å². The summed E-state index contributed by atoms with van der Waals surface area (Å²) in [5.74, 6) is 1.27. The molecule has 0 aliphatic heterocycles. The van der Waals surface area contributed by atoms with Gasteiger partial charge in [0.2, 0.25) is 10.0 Å². The molecule has 0 bridgehead atoms. The zero-order valence-corrected chi connectivity index (χ0v) is 15.7. The average Bonchev–Trinajstić information content (AvgIpc) is 2.46. The fourth-order valence-electron chi connectivity index (χ4n) is 2.98. The molecule has 4 nitrogen and oxygen atoms in total. The van der Waals surface area contributed by atoms with E-state index in [0.717, 1.165) is 17.3 Å². The summed E-state index contributed by atoms with van der Waals surface area (Å²) in [4.78, 5) is 0.203. The molecule has 1 aliphatic carbocycles. The maximum Gasteiger partial charge on any atom is 0.244 e. The van der Waals surface area contributed by atoms with Crippen molar-refractivity contribution in [2.45, 2.75) is 51.0 Å². The van der Waals surface area contributed by atoms with Gasteiger partial charge >= 0.3 is 0 Å². The first kappa shape index (κ1) is 17.8. The molecule has 0 aromatic heterocycles. The largest absolute Gasteiger partial charge is 0.492 e. The van der Waals surface area contributed by atoms with Crippen molar-refractivity contribution in [1.82, 2.24) is 4.72 Å². The number of hydrogen-bond donors (Lipinski definition) is 1. The van der Waals surface area contributed by atoms with Crippen molar-refractivity contribution in [3.05, 3.63) is 22.7 Å². The summed E-state index contributed by atoms with van der Waals surface area (Å²) in [7, 11) is -3.60. The molecule has 1 aromatic carbocycles. The molecule has 6 heteroatoms.